The lowest BCUT2D eigenvalue weighted by molar-refractivity contribution is 0.341. The molecule has 1 aromatic carbocycles. The van der Waals surface area contributed by atoms with Crippen LogP contribution < -0.4 is 15.2 Å². The molecule has 0 saturated heterocycles. The number of nitrogens with one attached hydrogen (secondary N) is 1. The maximum Gasteiger partial charge on any atom is 0.240 e. The fourth-order valence-corrected chi connectivity index (χ4v) is 2.29. The summed E-state index contributed by atoms with van der Waals surface area (Å²) in [4.78, 5) is 0.159. The Bertz CT molecular complexity index is 457. The van der Waals surface area contributed by atoms with Crippen molar-refractivity contribution in [2.45, 2.75) is 18.7 Å². The first-order chi connectivity index (χ1) is 7.51. The highest BCUT2D eigenvalue weighted by atomic mass is 32.2. The van der Waals surface area contributed by atoms with Crippen molar-refractivity contribution in [2.75, 3.05) is 18.9 Å². The largest absolute Gasteiger partial charge is 0.492 e. The first-order valence-corrected chi connectivity index (χ1v) is 6.51. The van der Waals surface area contributed by atoms with Crippen LogP contribution in [0.1, 0.15) is 13.8 Å². The smallest absolute Gasteiger partial charge is 0.240 e. The molecule has 90 valence electrons. The molecule has 0 saturated carbocycles. The van der Waals surface area contributed by atoms with Gasteiger partial charge in [0.25, 0.3) is 0 Å². The van der Waals surface area contributed by atoms with Crippen molar-refractivity contribution in [3.63, 3.8) is 0 Å². The molecule has 1 rings (SSSR count). The van der Waals surface area contributed by atoms with Crippen LogP contribution in [0.5, 0.6) is 5.75 Å². The molecule has 0 aliphatic heterocycles. The standard InChI is InChI=1S/C10H16N2O3S/c1-3-12-16(13,14)8-5-6-9(11)10(7-8)15-4-2/h5-7,12H,3-4,11H2,1-2H3. The summed E-state index contributed by atoms with van der Waals surface area (Å²) >= 11 is 0. The molecule has 0 aromatic heterocycles. The lowest BCUT2D eigenvalue weighted by Crippen LogP contribution is -2.23. The first kappa shape index (κ1) is 12.8. The third kappa shape index (κ3) is 2.86. The molecular formula is C10H16N2O3S. The van der Waals surface area contributed by atoms with Crippen LogP contribution in [-0.4, -0.2) is 21.6 Å². The van der Waals surface area contributed by atoms with Crippen molar-refractivity contribution in [3.05, 3.63) is 18.2 Å². The Hall–Kier alpha value is -1.27. The fraction of sp³-hybridized carbons (Fsp3) is 0.400. The van der Waals surface area contributed by atoms with Crippen molar-refractivity contribution in [3.8, 4) is 5.75 Å². The zero-order valence-corrected chi connectivity index (χ0v) is 10.2. The minimum atomic E-state index is -3.45. The second-order valence-electron chi connectivity index (χ2n) is 3.13. The number of hydrogen-bond acceptors (Lipinski definition) is 4. The molecule has 0 heterocycles. The average Bonchev–Trinajstić information content (AvgIpc) is 2.21. The van der Waals surface area contributed by atoms with Crippen molar-refractivity contribution < 1.29 is 13.2 Å². The molecule has 0 aliphatic carbocycles. The summed E-state index contributed by atoms with van der Waals surface area (Å²) in [5, 5.41) is 0. The Kier molecular flexibility index (Phi) is 4.14. The van der Waals surface area contributed by atoms with Crippen LogP contribution in [0.25, 0.3) is 0 Å². The van der Waals surface area contributed by atoms with Crippen molar-refractivity contribution in [2.24, 2.45) is 0 Å². The zero-order chi connectivity index (χ0) is 12.2. The van der Waals surface area contributed by atoms with Crippen LogP contribution in [0.4, 0.5) is 5.69 Å². The maximum absolute atomic E-state index is 11.7. The Morgan fingerprint density at radius 2 is 2.06 bits per heavy atom. The van der Waals surface area contributed by atoms with E-state index in [2.05, 4.69) is 4.72 Å². The summed E-state index contributed by atoms with van der Waals surface area (Å²) in [5.74, 6) is 0.390. The number of sulfonamides is 1. The van der Waals surface area contributed by atoms with E-state index in [0.29, 0.717) is 24.6 Å². The summed E-state index contributed by atoms with van der Waals surface area (Å²) in [7, 11) is -3.45. The van der Waals surface area contributed by atoms with Gasteiger partial charge in [-0.15, -0.1) is 0 Å². The predicted octanol–water partition coefficient (Wildman–Crippen LogP) is 0.966. The molecule has 0 fully saturated rings. The van der Waals surface area contributed by atoms with Crippen LogP contribution in [-0.2, 0) is 10.0 Å². The molecule has 0 radical (unpaired) electrons. The van der Waals surface area contributed by atoms with E-state index in [0.717, 1.165) is 0 Å². The normalized spacial score (nSPS) is 11.4. The lowest BCUT2D eigenvalue weighted by atomic mass is 10.3. The van der Waals surface area contributed by atoms with E-state index in [-0.39, 0.29) is 4.90 Å². The second kappa shape index (κ2) is 5.18. The van der Waals surface area contributed by atoms with Gasteiger partial charge in [0.1, 0.15) is 5.75 Å². The van der Waals surface area contributed by atoms with Crippen molar-refractivity contribution >= 4 is 15.7 Å². The number of rotatable bonds is 5. The molecule has 0 bridgehead atoms. The molecule has 0 spiro atoms. The van der Waals surface area contributed by atoms with Gasteiger partial charge in [0.15, 0.2) is 0 Å². The molecule has 6 heteroatoms. The van der Waals surface area contributed by atoms with Gasteiger partial charge in [-0.1, -0.05) is 6.92 Å². The van der Waals surface area contributed by atoms with E-state index in [9.17, 15) is 8.42 Å². The van der Waals surface area contributed by atoms with Crippen LogP contribution in [0.15, 0.2) is 23.1 Å². The monoisotopic (exact) mass is 244 g/mol. The minimum Gasteiger partial charge on any atom is -0.492 e. The lowest BCUT2D eigenvalue weighted by Gasteiger charge is -2.09. The van der Waals surface area contributed by atoms with Crippen LogP contribution in [0.3, 0.4) is 0 Å². The number of ether oxygens (including phenoxy) is 1. The van der Waals surface area contributed by atoms with Gasteiger partial charge in [-0.3, -0.25) is 0 Å². The Morgan fingerprint density at radius 3 is 2.62 bits per heavy atom. The summed E-state index contributed by atoms with van der Waals surface area (Å²) in [6.07, 6.45) is 0. The Morgan fingerprint density at radius 1 is 1.38 bits per heavy atom. The Labute approximate surface area is 95.7 Å². The molecule has 0 amide bonds. The van der Waals surface area contributed by atoms with E-state index in [1.807, 2.05) is 6.92 Å². The summed E-state index contributed by atoms with van der Waals surface area (Å²) in [6, 6.07) is 4.40. The molecule has 5 nitrogen and oxygen atoms in total. The number of nitrogen functional groups attached to an aromatic ring is 1. The third-order valence-corrected chi connectivity index (χ3v) is 3.47. The Balaban J connectivity index is 3.12. The van der Waals surface area contributed by atoms with Crippen molar-refractivity contribution in [1.29, 1.82) is 0 Å². The van der Waals surface area contributed by atoms with Gasteiger partial charge >= 0.3 is 0 Å². The van der Waals surface area contributed by atoms with Gasteiger partial charge in [0.2, 0.25) is 10.0 Å². The van der Waals surface area contributed by atoms with Crippen LogP contribution in [0.2, 0.25) is 0 Å². The molecular weight excluding hydrogens is 228 g/mol. The van der Waals surface area contributed by atoms with E-state index in [1.165, 1.54) is 18.2 Å². The topological polar surface area (TPSA) is 81.4 Å². The van der Waals surface area contributed by atoms with Crippen LogP contribution in [0, 0.1) is 0 Å². The van der Waals surface area contributed by atoms with Gasteiger partial charge in [0.05, 0.1) is 17.2 Å². The van der Waals surface area contributed by atoms with E-state index >= 15 is 0 Å². The van der Waals surface area contributed by atoms with E-state index in [1.54, 1.807) is 6.92 Å². The van der Waals surface area contributed by atoms with E-state index in [4.69, 9.17) is 10.5 Å². The van der Waals surface area contributed by atoms with Crippen molar-refractivity contribution in [1.82, 2.24) is 4.72 Å². The third-order valence-electron chi connectivity index (χ3n) is 1.93. The van der Waals surface area contributed by atoms with Gasteiger partial charge in [0, 0.05) is 12.6 Å². The maximum atomic E-state index is 11.7. The van der Waals surface area contributed by atoms with Gasteiger partial charge in [-0.2, -0.15) is 0 Å². The van der Waals surface area contributed by atoms with Gasteiger partial charge in [-0.05, 0) is 19.1 Å². The first-order valence-electron chi connectivity index (χ1n) is 5.03. The quantitative estimate of drug-likeness (QED) is 0.756. The molecule has 0 aliphatic rings. The van der Waals surface area contributed by atoms with Gasteiger partial charge in [-0.25, -0.2) is 13.1 Å². The average molecular weight is 244 g/mol. The second-order valence-corrected chi connectivity index (χ2v) is 4.90. The minimum absolute atomic E-state index is 0.159. The van der Waals surface area contributed by atoms with E-state index < -0.39 is 10.0 Å². The summed E-state index contributed by atoms with van der Waals surface area (Å²) < 4.78 is 31.0. The SMILES string of the molecule is CCNS(=O)(=O)c1ccc(N)c(OCC)c1. The highest BCUT2D eigenvalue weighted by molar-refractivity contribution is 7.89. The number of hydrogen-bond donors (Lipinski definition) is 2. The highest BCUT2D eigenvalue weighted by Gasteiger charge is 2.14. The molecule has 3 N–H and O–H groups in total. The molecule has 1 aromatic rings. The molecule has 0 unspecified atom stereocenters. The number of benzene rings is 1. The van der Waals surface area contributed by atoms with Crippen LogP contribution >= 0.6 is 0 Å². The predicted molar refractivity (Wildman–Crippen MR) is 62.9 cm³/mol. The number of anilines is 1. The number of nitrogens with two attached hydrogens (primary N) is 1. The summed E-state index contributed by atoms with van der Waals surface area (Å²) in [5.41, 5.74) is 6.08. The molecule has 0 atom stereocenters. The summed E-state index contributed by atoms with van der Waals surface area (Å²) in [6.45, 7) is 4.31. The zero-order valence-electron chi connectivity index (χ0n) is 9.36. The fourth-order valence-electron chi connectivity index (χ4n) is 1.24. The molecule has 16 heavy (non-hydrogen) atoms. The highest BCUT2D eigenvalue weighted by Crippen LogP contribution is 2.24. The van der Waals surface area contributed by atoms with Gasteiger partial charge < -0.3 is 10.5 Å².